The molecule has 5 heteroatoms. The zero-order valence-electron chi connectivity index (χ0n) is 15.8. The average Bonchev–Trinajstić information content (AvgIpc) is 3.08. The summed E-state index contributed by atoms with van der Waals surface area (Å²) in [5.74, 6) is -0.406. The second-order valence-corrected chi connectivity index (χ2v) is 6.75. The van der Waals surface area contributed by atoms with Gasteiger partial charge in [-0.2, -0.15) is 0 Å². The number of carbonyl (C=O) groups is 2. The molecule has 2 N–H and O–H groups in total. The largest absolute Gasteiger partial charge is 0.355 e. The molecule has 3 rings (SSSR count). The minimum absolute atomic E-state index is 0.0157. The quantitative estimate of drug-likeness (QED) is 0.633. The van der Waals surface area contributed by atoms with Crippen LogP contribution in [-0.4, -0.2) is 29.5 Å². The number of hydrogen-bond donors (Lipinski definition) is 2. The number of nitrogens with zero attached hydrogens (tertiary/aromatic N) is 1. The Kier molecular flexibility index (Phi) is 5.91. The van der Waals surface area contributed by atoms with Gasteiger partial charge in [0.1, 0.15) is 0 Å². The highest BCUT2D eigenvalue weighted by Crippen LogP contribution is 2.15. The summed E-state index contributed by atoms with van der Waals surface area (Å²) in [4.78, 5) is 24.1. The molecule has 0 saturated heterocycles. The van der Waals surface area contributed by atoms with Gasteiger partial charge in [0, 0.05) is 30.4 Å². The summed E-state index contributed by atoms with van der Waals surface area (Å²) < 4.78 is 2.18. The molecule has 0 bridgehead atoms. The summed E-state index contributed by atoms with van der Waals surface area (Å²) in [6.07, 6.45) is 2.89. The molecule has 0 aliphatic heterocycles. The Bertz CT molecular complexity index is 959. The summed E-state index contributed by atoms with van der Waals surface area (Å²) in [5, 5.41) is 6.74. The number of hydrogen-bond acceptors (Lipinski definition) is 2. The molecule has 1 heterocycles. The van der Waals surface area contributed by atoms with E-state index in [0.717, 1.165) is 24.1 Å². The number of para-hydroxylation sites is 1. The predicted octanol–water partition coefficient (Wildman–Crippen LogP) is 3.19. The highest BCUT2D eigenvalue weighted by atomic mass is 16.2. The minimum atomic E-state index is -0.230. The van der Waals surface area contributed by atoms with E-state index in [1.54, 1.807) is 6.07 Å². The normalized spacial score (nSPS) is 10.7. The third kappa shape index (κ3) is 4.76. The highest BCUT2D eigenvalue weighted by molar-refractivity contribution is 5.96. The van der Waals surface area contributed by atoms with Crippen molar-refractivity contribution in [2.75, 3.05) is 13.1 Å². The molecule has 2 aromatic carbocycles. The number of benzene rings is 2. The standard InChI is InChI=1S/C22H25N3O2/c1-16-8-9-19(14-17(16)2)22(27)24-15-21(26)23-11-5-12-25-13-10-18-6-3-4-7-20(18)25/h3-4,6-10,13-14H,5,11-12,15H2,1-2H3,(H,23,26)(H,24,27). The maximum atomic E-state index is 12.1. The van der Waals surface area contributed by atoms with Crippen molar-refractivity contribution in [2.45, 2.75) is 26.8 Å². The first-order valence-corrected chi connectivity index (χ1v) is 9.20. The van der Waals surface area contributed by atoms with Crippen LogP contribution >= 0.6 is 0 Å². The predicted molar refractivity (Wildman–Crippen MR) is 108 cm³/mol. The number of aryl methyl sites for hydroxylation is 3. The van der Waals surface area contributed by atoms with E-state index in [2.05, 4.69) is 39.6 Å². The molecule has 0 unspecified atom stereocenters. The van der Waals surface area contributed by atoms with Crippen molar-refractivity contribution < 1.29 is 9.59 Å². The maximum absolute atomic E-state index is 12.1. The van der Waals surface area contributed by atoms with Gasteiger partial charge >= 0.3 is 0 Å². The van der Waals surface area contributed by atoms with E-state index >= 15 is 0 Å². The van der Waals surface area contributed by atoms with E-state index in [1.165, 1.54) is 10.9 Å². The molecular formula is C22H25N3O2. The number of carbonyl (C=O) groups excluding carboxylic acids is 2. The van der Waals surface area contributed by atoms with Crippen molar-refractivity contribution in [3.8, 4) is 0 Å². The summed E-state index contributed by atoms with van der Waals surface area (Å²) in [6, 6.07) is 15.9. The topological polar surface area (TPSA) is 63.1 Å². The number of amides is 2. The Morgan fingerprint density at radius 2 is 1.78 bits per heavy atom. The molecule has 5 nitrogen and oxygen atoms in total. The first kappa shape index (κ1) is 18.7. The lowest BCUT2D eigenvalue weighted by Gasteiger charge is -2.09. The first-order valence-electron chi connectivity index (χ1n) is 9.20. The zero-order chi connectivity index (χ0) is 19.2. The van der Waals surface area contributed by atoms with Crippen molar-refractivity contribution in [1.82, 2.24) is 15.2 Å². The van der Waals surface area contributed by atoms with Crippen LogP contribution in [0.15, 0.2) is 54.7 Å². The Morgan fingerprint density at radius 1 is 0.963 bits per heavy atom. The van der Waals surface area contributed by atoms with Gasteiger partial charge < -0.3 is 15.2 Å². The van der Waals surface area contributed by atoms with E-state index in [4.69, 9.17) is 0 Å². The van der Waals surface area contributed by atoms with Crippen LogP contribution in [0, 0.1) is 13.8 Å². The maximum Gasteiger partial charge on any atom is 0.251 e. The zero-order valence-corrected chi connectivity index (χ0v) is 15.8. The van der Waals surface area contributed by atoms with Crippen LogP contribution in [0.3, 0.4) is 0 Å². The molecule has 27 heavy (non-hydrogen) atoms. The number of fused-ring (bicyclic) bond motifs is 1. The second kappa shape index (κ2) is 8.54. The highest BCUT2D eigenvalue weighted by Gasteiger charge is 2.08. The van der Waals surface area contributed by atoms with E-state index in [-0.39, 0.29) is 18.4 Å². The number of nitrogens with one attached hydrogen (secondary N) is 2. The molecule has 0 atom stereocenters. The Balaban J connectivity index is 1.39. The Labute approximate surface area is 159 Å². The van der Waals surface area contributed by atoms with E-state index < -0.39 is 0 Å². The van der Waals surface area contributed by atoms with Crippen molar-refractivity contribution in [3.63, 3.8) is 0 Å². The van der Waals surface area contributed by atoms with Gasteiger partial charge in [-0.1, -0.05) is 24.3 Å². The van der Waals surface area contributed by atoms with Gasteiger partial charge in [-0.25, -0.2) is 0 Å². The number of rotatable bonds is 7. The van der Waals surface area contributed by atoms with Crippen molar-refractivity contribution >= 4 is 22.7 Å². The first-order chi connectivity index (χ1) is 13.0. The molecule has 0 aliphatic carbocycles. The van der Waals surface area contributed by atoms with Crippen LogP contribution in [0.5, 0.6) is 0 Å². The molecule has 0 fully saturated rings. The van der Waals surface area contributed by atoms with E-state index in [1.807, 2.05) is 38.1 Å². The molecule has 0 saturated carbocycles. The molecule has 3 aromatic rings. The molecule has 0 radical (unpaired) electrons. The summed E-state index contributed by atoms with van der Waals surface area (Å²) >= 11 is 0. The van der Waals surface area contributed by atoms with Crippen LogP contribution in [0.2, 0.25) is 0 Å². The molecule has 0 aliphatic rings. The molecule has 0 spiro atoms. The van der Waals surface area contributed by atoms with Gasteiger partial charge in [0.25, 0.3) is 5.91 Å². The lowest BCUT2D eigenvalue weighted by molar-refractivity contribution is -0.120. The Morgan fingerprint density at radius 3 is 2.59 bits per heavy atom. The fraction of sp³-hybridized carbons (Fsp3) is 0.273. The van der Waals surface area contributed by atoms with Gasteiger partial charge in [-0.05, 0) is 61.0 Å². The third-order valence-electron chi connectivity index (χ3n) is 4.76. The smallest absolute Gasteiger partial charge is 0.251 e. The van der Waals surface area contributed by atoms with Crippen LogP contribution in [-0.2, 0) is 11.3 Å². The molecule has 1 aromatic heterocycles. The lowest BCUT2D eigenvalue weighted by atomic mass is 10.1. The van der Waals surface area contributed by atoms with Crippen molar-refractivity contribution in [3.05, 3.63) is 71.4 Å². The van der Waals surface area contributed by atoms with Gasteiger partial charge in [0.05, 0.1) is 6.54 Å². The molecular weight excluding hydrogens is 338 g/mol. The van der Waals surface area contributed by atoms with Gasteiger partial charge in [0.15, 0.2) is 0 Å². The van der Waals surface area contributed by atoms with E-state index in [0.29, 0.717) is 12.1 Å². The molecule has 140 valence electrons. The van der Waals surface area contributed by atoms with Crippen molar-refractivity contribution in [1.29, 1.82) is 0 Å². The Hall–Kier alpha value is -3.08. The summed E-state index contributed by atoms with van der Waals surface area (Å²) in [5.41, 5.74) is 3.97. The van der Waals surface area contributed by atoms with Gasteiger partial charge in [-0.3, -0.25) is 9.59 Å². The fourth-order valence-corrected chi connectivity index (χ4v) is 3.02. The van der Waals surface area contributed by atoms with Crippen LogP contribution < -0.4 is 10.6 Å². The van der Waals surface area contributed by atoms with Gasteiger partial charge in [-0.15, -0.1) is 0 Å². The summed E-state index contributed by atoms with van der Waals surface area (Å²) in [7, 11) is 0. The minimum Gasteiger partial charge on any atom is -0.355 e. The fourth-order valence-electron chi connectivity index (χ4n) is 3.02. The van der Waals surface area contributed by atoms with Crippen molar-refractivity contribution in [2.24, 2.45) is 0 Å². The third-order valence-corrected chi connectivity index (χ3v) is 4.76. The average molecular weight is 363 g/mol. The number of aromatic nitrogens is 1. The van der Waals surface area contributed by atoms with Crippen LogP contribution in [0.1, 0.15) is 27.9 Å². The lowest BCUT2D eigenvalue weighted by Crippen LogP contribution is -2.37. The van der Waals surface area contributed by atoms with Crippen LogP contribution in [0.4, 0.5) is 0 Å². The second-order valence-electron chi connectivity index (χ2n) is 6.75. The van der Waals surface area contributed by atoms with E-state index in [9.17, 15) is 9.59 Å². The summed E-state index contributed by atoms with van der Waals surface area (Å²) in [6.45, 7) is 5.36. The van der Waals surface area contributed by atoms with Gasteiger partial charge in [0.2, 0.25) is 5.91 Å². The SMILES string of the molecule is Cc1ccc(C(=O)NCC(=O)NCCCn2ccc3ccccc32)cc1C. The van der Waals surface area contributed by atoms with Crippen LogP contribution in [0.25, 0.3) is 10.9 Å². The molecule has 2 amide bonds. The monoisotopic (exact) mass is 363 g/mol.